The van der Waals surface area contributed by atoms with Crippen LogP contribution in [0.2, 0.25) is 0 Å². The number of halogens is 1. The molecule has 1 fully saturated rings. The summed E-state index contributed by atoms with van der Waals surface area (Å²) in [5.74, 6) is -0.303. The van der Waals surface area contributed by atoms with E-state index < -0.39 is 15.7 Å². The topological polar surface area (TPSA) is 98.8 Å². The Labute approximate surface area is 190 Å². The zero-order chi connectivity index (χ0) is 22.8. The highest BCUT2D eigenvalue weighted by atomic mass is 32.2. The van der Waals surface area contributed by atoms with Gasteiger partial charge in [-0.2, -0.15) is 0 Å². The first-order valence-electron chi connectivity index (χ1n) is 10.8. The Morgan fingerprint density at radius 3 is 2.30 bits per heavy atom. The fraction of sp³-hybridized carbons (Fsp3) is 0.250. The summed E-state index contributed by atoms with van der Waals surface area (Å²) in [6.45, 7) is 0. The van der Waals surface area contributed by atoms with Crippen LogP contribution in [0.1, 0.15) is 32.1 Å². The Hall–Kier alpha value is -3.46. The maximum Gasteiger partial charge on any atom is 0.268 e. The quantitative estimate of drug-likeness (QED) is 0.405. The largest absolute Gasteiger partial charge is 0.414 e. The summed E-state index contributed by atoms with van der Waals surface area (Å²) in [6, 6.07) is 12.8. The molecule has 1 saturated carbocycles. The molecule has 0 radical (unpaired) electrons. The standard InChI is InChI=1S/C24H21FN4O3S/c25-20-9-5-4-8-19(20)23-28-29-24(32-23)22-15-26-14-21(27-22)16-10-12-18(13-11-16)33(30,31)17-6-2-1-3-7-17/h4-5,8-15,17H,1-3,6-7H2. The van der Waals surface area contributed by atoms with E-state index in [2.05, 4.69) is 20.2 Å². The predicted octanol–water partition coefficient (Wildman–Crippen LogP) is 5.11. The van der Waals surface area contributed by atoms with Crippen LogP contribution in [0.25, 0.3) is 34.3 Å². The maximum atomic E-state index is 14.0. The highest BCUT2D eigenvalue weighted by Crippen LogP contribution is 2.30. The molecule has 2 aromatic carbocycles. The second-order valence-electron chi connectivity index (χ2n) is 8.01. The van der Waals surface area contributed by atoms with E-state index in [1.54, 1.807) is 48.7 Å². The van der Waals surface area contributed by atoms with Crippen molar-refractivity contribution in [3.63, 3.8) is 0 Å². The van der Waals surface area contributed by atoms with E-state index in [9.17, 15) is 12.8 Å². The van der Waals surface area contributed by atoms with Crippen molar-refractivity contribution in [2.45, 2.75) is 42.2 Å². The lowest BCUT2D eigenvalue weighted by Gasteiger charge is -2.21. The summed E-state index contributed by atoms with van der Waals surface area (Å²) in [4.78, 5) is 9.05. The summed E-state index contributed by atoms with van der Waals surface area (Å²) in [5, 5.41) is 7.59. The lowest BCUT2D eigenvalue weighted by molar-refractivity contribution is 0.483. The second kappa shape index (κ2) is 8.82. The van der Waals surface area contributed by atoms with E-state index in [0.717, 1.165) is 32.1 Å². The zero-order valence-electron chi connectivity index (χ0n) is 17.7. The zero-order valence-corrected chi connectivity index (χ0v) is 18.5. The fourth-order valence-electron chi connectivity index (χ4n) is 4.06. The molecule has 5 rings (SSSR count). The van der Waals surface area contributed by atoms with Gasteiger partial charge in [-0.3, -0.25) is 4.98 Å². The van der Waals surface area contributed by atoms with Crippen LogP contribution in [0.15, 0.2) is 70.2 Å². The molecule has 168 valence electrons. The van der Waals surface area contributed by atoms with Crippen LogP contribution in [-0.4, -0.2) is 33.8 Å². The van der Waals surface area contributed by atoms with Crippen molar-refractivity contribution in [2.75, 3.05) is 0 Å². The fourth-order valence-corrected chi connectivity index (χ4v) is 5.92. The SMILES string of the molecule is O=S(=O)(c1ccc(-c2cncc(-c3nnc(-c4ccccc4F)o3)n2)cc1)C1CCCCC1. The highest BCUT2D eigenvalue weighted by Gasteiger charge is 2.28. The molecular weight excluding hydrogens is 443 g/mol. The Morgan fingerprint density at radius 1 is 0.848 bits per heavy atom. The molecule has 1 aliphatic rings. The lowest BCUT2D eigenvalue weighted by Crippen LogP contribution is -2.24. The van der Waals surface area contributed by atoms with Gasteiger partial charge in [0.1, 0.15) is 11.5 Å². The van der Waals surface area contributed by atoms with Crippen LogP contribution in [0.5, 0.6) is 0 Å². The molecule has 9 heteroatoms. The number of sulfone groups is 1. The van der Waals surface area contributed by atoms with Crippen molar-refractivity contribution in [1.82, 2.24) is 20.2 Å². The molecule has 4 aromatic rings. The summed E-state index contributed by atoms with van der Waals surface area (Å²) in [5.41, 5.74) is 1.78. The van der Waals surface area contributed by atoms with Gasteiger partial charge in [0.25, 0.3) is 11.8 Å². The van der Waals surface area contributed by atoms with E-state index in [4.69, 9.17) is 4.42 Å². The third-order valence-electron chi connectivity index (χ3n) is 5.85. The predicted molar refractivity (Wildman–Crippen MR) is 120 cm³/mol. The third kappa shape index (κ3) is 4.28. The summed E-state index contributed by atoms with van der Waals surface area (Å²) in [7, 11) is -3.34. The number of benzene rings is 2. The van der Waals surface area contributed by atoms with E-state index in [0.29, 0.717) is 21.8 Å². The summed E-state index contributed by atoms with van der Waals surface area (Å²) >= 11 is 0. The van der Waals surface area contributed by atoms with Crippen LogP contribution in [0.3, 0.4) is 0 Å². The lowest BCUT2D eigenvalue weighted by atomic mass is 10.0. The van der Waals surface area contributed by atoms with E-state index in [-0.39, 0.29) is 22.6 Å². The average molecular weight is 465 g/mol. The summed E-state index contributed by atoms with van der Waals surface area (Å²) < 4.78 is 45.5. The molecule has 0 amide bonds. The van der Waals surface area contributed by atoms with Gasteiger partial charge < -0.3 is 4.42 Å². The third-order valence-corrected chi connectivity index (χ3v) is 8.13. The van der Waals surface area contributed by atoms with Gasteiger partial charge in [0, 0.05) is 5.56 Å². The summed E-state index contributed by atoms with van der Waals surface area (Å²) in [6.07, 6.45) is 7.50. The van der Waals surface area contributed by atoms with Gasteiger partial charge in [-0.1, -0.05) is 43.5 Å². The molecule has 0 spiro atoms. The van der Waals surface area contributed by atoms with Crippen LogP contribution in [0, 0.1) is 5.82 Å². The molecule has 2 heterocycles. The number of rotatable bonds is 5. The number of aromatic nitrogens is 4. The second-order valence-corrected chi connectivity index (χ2v) is 10.2. The highest BCUT2D eigenvalue weighted by molar-refractivity contribution is 7.92. The smallest absolute Gasteiger partial charge is 0.268 e. The maximum absolute atomic E-state index is 14.0. The Morgan fingerprint density at radius 2 is 1.55 bits per heavy atom. The van der Waals surface area contributed by atoms with Crippen LogP contribution in [-0.2, 0) is 9.84 Å². The van der Waals surface area contributed by atoms with Gasteiger partial charge >= 0.3 is 0 Å². The van der Waals surface area contributed by atoms with Crippen molar-refractivity contribution in [3.05, 3.63) is 66.7 Å². The first-order valence-corrected chi connectivity index (χ1v) is 12.3. The van der Waals surface area contributed by atoms with E-state index >= 15 is 0 Å². The first-order chi connectivity index (χ1) is 16.0. The molecule has 33 heavy (non-hydrogen) atoms. The first kappa shape index (κ1) is 21.4. The van der Waals surface area contributed by atoms with Crippen molar-refractivity contribution >= 4 is 9.84 Å². The van der Waals surface area contributed by atoms with Crippen LogP contribution >= 0.6 is 0 Å². The minimum atomic E-state index is -3.34. The molecule has 7 nitrogen and oxygen atoms in total. The Balaban J connectivity index is 1.40. The molecule has 0 N–H and O–H groups in total. The van der Waals surface area contributed by atoms with Crippen LogP contribution < -0.4 is 0 Å². The van der Waals surface area contributed by atoms with Gasteiger partial charge in [-0.05, 0) is 37.1 Å². The van der Waals surface area contributed by atoms with Crippen molar-refractivity contribution in [3.8, 4) is 34.3 Å². The Bertz CT molecular complexity index is 1380. The minimum Gasteiger partial charge on any atom is -0.414 e. The van der Waals surface area contributed by atoms with Crippen LogP contribution in [0.4, 0.5) is 4.39 Å². The number of nitrogens with zero attached hydrogens (tertiary/aromatic N) is 4. The number of hydrogen-bond acceptors (Lipinski definition) is 7. The number of hydrogen-bond donors (Lipinski definition) is 0. The molecular formula is C24H21FN4O3S. The normalized spacial score (nSPS) is 14.9. The van der Waals surface area contributed by atoms with Gasteiger partial charge in [0.05, 0.1) is 33.8 Å². The van der Waals surface area contributed by atoms with Gasteiger partial charge in [0.15, 0.2) is 9.84 Å². The van der Waals surface area contributed by atoms with E-state index in [1.165, 1.54) is 12.3 Å². The molecule has 0 aliphatic heterocycles. The van der Waals surface area contributed by atoms with Crippen molar-refractivity contribution < 1.29 is 17.2 Å². The van der Waals surface area contributed by atoms with Crippen molar-refractivity contribution in [2.24, 2.45) is 0 Å². The minimum absolute atomic E-state index is 0.0487. The van der Waals surface area contributed by atoms with Gasteiger partial charge in [-0.15, -0.1) is 10.2 Å². The monoisotopic (exact) mass is 464 g/mol. The Kier molecular flexibility index (Phi) is 5.72. The van der Waals surface area contributed by atoms with Crippen molar-refractivity contribution in [1.29, 1.82) is 0 Å². The van der Waals surface area contributed by atoms with Gasteiger partial charge in [-0.25, -0.2) is 17.8 Å². The molecule has 0 atom stereocenters. The van der Waals surface area contributed by atoms with Gasteiger partial charge in [0.2, 0.25) is 0 Å². The molecule has 0 bridgehead atoms. The molecule has 2 aromatic heterocycles. The van der Waals surface area contributed by atoms with E-state index in [1.807, 2.05) is 0 Å². The molecule has 1 aliphatic carbocycles. The average Bonchev–Trinajstić information content (AvgIpc) is 3.35. The molecule has 0 unspecified atom stereocenters. The molecule has 0 saturated heterocycles.